The van der Waals surface area contributed by atoms with E-state index in [9.17, 15) is 10.1 Å². The molecule has 0 atom stereocenters. The fourth-order valence-electron chi connectivity index (χ4n) is 1.52. The van der Waals surface area contributed by atoms with Gasteiger partial charge in [0.25, 0.3) is 5.69 Å². The highest BCUT2D eigenvalue weighted by Crippen LogP contribution is 2.27. The molecule has 1 aromatic heterocycles. The number of non-ortho nitro benzene ring substituents is 1. The van der Waals surface area contributed by atoms with Gasteiger partial charge in [-0.05, 0) is 6.07 Å². The molecule has 0 saturated carbocycles. The molecule has 0 aliphatic heterocycles. The Morgan fingerprint density at radius 3 is 2.87 bits per heavy atom. The second-order valence-electron chi connectivity index (χ2n) is 3.09. The second-order valence-corrected chi connectivity index (χ2v) is 3.09. The summed E-state index contributed by atoms with van der Waals surface area (Å²) < 4.78 is 6.68. The topological polar surface area (TPSA) is 70.2 Å². The molecular weight excluding hydrogens is 198 g/mol. The van der Waals surface area contributed by atoms with E-state index in [2.05, 4.69) is 5.10 Å². The van der Waals surface area contributed by atoms with Crippen molar-refractivity contribution in [1.82, 2.24) is 9.78 Å². The van der Waals surface area contributed by atoms with Crippen LogP contribution in [0, 0.1) is 10.1 Å². The van der Waals surface area contributed by atoms with E-state index >= 15 is 0 Å². The van der Waals surface area contributed by atoms with Gasteiger partial charge in [-0.25, -0.2) is 4.68 Å². The third-order valence-corrected chi connectivity index (χ3v) is 2.17. The Hall–Kier alpha value is -2.11. The average molecular weight is 207 g/mol. The first-order valence-corrected chi connectivity index (χ1v) is 4.28. The quantitative estimate of drug-likeness (QED) is 0.552. The van der Waals surface area contributed by atoms with Crippen molar-refractivity contribution in [3.05, 3.63) is 28.3 Å². The summed E-state index contributed by atoms with van der Waals surface area (Å²) >= 11 is 0. The second kappa shape index (κ2) is 3.23. The summed E-state index contributed by atoms with van der Waals surface area (Å²) in [5.41, 5.74) is 0.590. The van der Waals surface area contributed by atoms with Crippen LogP contribution in [-0.2, 0) is 7.05 Å². The third-order valence-electron chi connectivity index (χ3n) is 2.17. The highest BCUT2D eigenvalue weighted by atomic mass is 16.6. The van der Waals surface area contributed by atoms with E-state index < -0.39 is 4.92 Å². The molecule has 0 amide bonds. The van der Waals surface area contributed by atoms with Crippen LogP contribution < -0.4 is 4.74 Å². The first kappa shape index (κ1) is 9.45. The lowest BCUT2D eigenvalue weighted by Crippen LogP contribution is -1.94. The van der Waals surface area contributed by atoms with Gasteiger partial charge in [0, 0.05) is 19.2 Å². The van der Waals surface area contributed by atoms with E-state index in [0.717, 1.165) is 5.39 Å². The minimum Gasteiger partial charge on any atom is -0.481 e. The van der Waals surface area contributed by atoms with Gasteiger partial charge >= 0.3 is 0 Å². The Morgan fingerprint density at radius 2 is 2.27 bits per heavy atom. The highest BCUT2D eigenvalue weighted by molar-refractivity contribution is 5.86. The van der Waals surface area contributed by atoms with Crippen LogP contribution >= 0.6 is 0 Å². The Morgan fingerprint density at radius 1 is 1.53 bits per heavy atom. The zero-order chi connectivity index (χ0) is 11.0. The number of aryl methyl sites for hydroxylation is 1. The van der Waals surface area contributed by atoms with E-state index in [0.29, 0.717) is 11.4 Å². The van der Waals surface area contributed by atoms with Crippen LogP contribution in [0.25, 0.3) is 10.9 Å². The summed E-state index contributed by atoms with van der Waals surface area (Å²) in [6.45, 7) is 0. The number of nitrogens with zero attached hydrogens (tertiary/aromatic N) is 3. The van der Waals surface area contributed by atoms with Gasteiger partial charge in [-0.2, -0.15) is 5.10 Å². The van der Waals surface area contributed by atoms with E-state index in [1.54, 1.807) is 17.8 Å². The summed E-state index contributed by atoms with van der Waals surface area (Å²) in [5.74, 6) is 0.597. The molecule has 6 nitrogen and oxygen atoms in total. The number of benzene rings is 1. The summed E-state index contributed by atoms with van der Waals surface area (Å²) in [6.07, 6.45) is 0. The van der Waals surface area contributed by atoms with Crippen LogP contribution in [0.4, 0.5) is 5.69 Å². The van der Waals surface area contributed by atoms with Crippen LogP contribution in [0.15, 0.2) is 18.2 Å². The Labute approximate surface area is 85.2 Å². The Bertz CT molecular complexity index is 533. The van der Waals surface area contributed by atoms with E-state index in [1.165, 1.54) is 19.2 Å². The number of nitro benzene ring substituents is 1. The number of hydrogen-bond acceptors (Lipinski definition) is 4. The molecule has 0 aliphatic rings. The molecule has 15 heavy (non-hydrogen) atoms. The SMILES string of the molecule is COc1c2ccc([N+](=O)[O-])cc2nn1C. The molecule has 2 rings (SSSR count). The summed E-state index contributed by atoms with van der Waals surface area (Å²) in [5, 5.41) is 15.4. The van der Waals surface area contributed by atoms with E-state index in [-0.39, 0.29) is 5.69 Å². The predicted octanol–water partition coefficient (Wildman–Crippen LogP) is 1.49. The lowest BCUT2D eigenvalue weighted by Gasteiger charge is -1.98. The van der Waals surface area contributed by atoms with Gasteiger partial charge in [-0.15, -0.1) is 0 Å². The Balaban J connectivity index is 2.69. The lowest BCUT2D eigenvalue weighted by molar-refractivity contribution is -0.384. The molecule has 6 heteroatoms. The van der Waals surface area contributed by atoms with Gasteiger partial charge in [0.2, 0.25) is 5.88 Å². The standard InChI is InChI=1S/C9H9N3O3/c1-11-9(15-2)7-4-3-6(12(13)14)5-8(7)10-11/h3-5H,1-2H3. The van der Waals surface area contributed by atoms with Crippen molar-refractivity contribution < 1.29 is 9.66 Å². The molecule has 2 aromatic rings. The first-order chi connectivity index (χ1) is 7.13. The normalized spacial score (nSPS) is 10.5. The lowest BCUT2D eigenvalue weighted by atomic mass is 10.2. The van der Waals surface area contributed by atoms with Crippen molar-refractivity contribution in [3.8, 4) is 5.88 Å². The number of fused-ring (bicyclic) bond motifs is 1. The molecule has 1 heterocycles. The van der Waals surface area contributed by atoms with Gasteiger partial charge in [-0.3, -0.25) is 10.1 Å². The first-order valence-electron chi connectivity index (χ1n) is 4.28. The van der Waals surface area contributed by atoms with Crippen LogP contribution in [0.2, 0.25) is 0 Å². The smallest absolute Gasteiger partial charge is 0.271 e. The Kier molecular flexibility index (Phi) is 2.03. The zero-order valence-corrected chi connectivity index (χ0v) is 8.30. The number of ether oxygens (including phenoxy) is 1. The molecule has 78 valence electrons. The van der Waals surface area contributed by atoms with Crippen LogP contribution in [0.1, 0.15) is 0 Å². The van der Waals surface area contributed by atoms with Gasteiger partial charge in [0.15, 0.2) is 0 Å². The highest BCUT2D eigenvalue weighted by Gasteiger charge is 2.13. The van der Waals surface area contributed by atoms with Crippen molar-refractivity contribution in [2.75, 3.05) is 7.11 Å². The third kappa shape index (κ3) is 1.39. The molecule has 0 N–H and O–H groups in total. The predicted molar refractivity (Wildman–Crippen MR) is 53.9 cm³/mol. The molecule has 0 aliphatic carbocycles. The molecule has 0 radical (unpaired) electrons. The van der Waals surface area contributed by atoms with Crippen molar-refractivity contribution >= 4 is 16.6 Å². The van der Waals surface area contributed by atoms with Crippen LogP contribution in [0.5, 0.6) is 5.88 Å². The number of methoxy groups -OCH3 is 1. The average Bonchev–Trinajstić information content (AvgIpc) is 2.51. The molecule has 0 saturated heterocycles. The molecule has 0 unspecified atom stereocenters. The molecule has 0 bridgehead atoms. The van der Waals surface area contributed by atoms with Crippen LogP contribution in [-0.4, -0.2) is 21.8 Å². The van der Waals surface area contributed by atoms with Crippen molar-refractivity contribution in [2.24, 2.45) is 7.05 Å². The fourth-order valence-corrected chi connectivity index (χ4v) is 1.52. The number of nitro groups is 1. The molecule has 0 spiro atoms. The number of rotatable bonds is 2. The summed E-state index contributed by atoms with van der Waals surface area (Å²) in [7, 11) is 3.27. The maximum absolute atomic E-state index is 10.5. The minimum atomic E-state index is -0.444. The van der Waals surface area contributed by atoms with E-state index in [4.69, 9.17) is 4.74 Å². The van der Waals surface area contributed by atoms with Crippen molar-refractivity contribution in [3.63, 3.8) is 0 Å². The van der Waals surface area contributed by atoms with Crippen molar-refractivity contribution in [2.45, 2.75) is 0 Å². The largest absolute Gasteiger partial charge is 0.481 e. The summed E-state index contributed by atoms with van der Waals surface area (Å²) in [4.78, 5) is 10.1. The van der Waals surface area contributed by atoms with Gasteiger partial charge in [-0.1, -0.05) is 0 Å². The summed E-state index contributed by atoms with van der Waals surface area (Å²) in [6, 6.07) is 4.50. The van der Waals surface area contributed by atoms with Gasteiger partial charge in [0.05, 0.1) is 17.4 Å². The maximum Gasteiger partial charge on any atom is 0.271 e. The van der Waals surface area contributed by atoms with Gasteiger partial charge in [0.1, 0.15) is 5.52 Å². The van der Waals surface area contributed by atoms with E-state index in [1.807, 2.05) is 0 Å². The van der Waals surface area contributed by atoms with Crippen molar-refractivity contribution in [1.29, 1.82) is 0 Å². The molecular formula is C9H9N3O3. The fraction of sp³-hybridized carbons (Fsp3) is 0.222. The van der Waals surface area contributed by atoms with Gasteiger partial charge < -0.3 is 4.74 Å². The maximum atomic E-state index is 10.5. The molecule has 0 fully saturated rings. The zero-order valence-electron chi connectivity index (χ0n) is 8.30. The van der Waals surface area contributed by atoms with Crippen LogP contribution in [0.3, 0.4) is 0 Å². The number of hydrogen-bond donors (Lipinski definition) is 0. The number of aromatic nitrogens is 2. The molecule has 1 aromatic carbocycles. The minimum absolute atomic E-state index is 0.0308. The monoisotopic (exact) mass is 207 g/mol.